The van der Waals surface area contributed by atoms with Crippen LogP contribution in [0.25, 0.3) is 0 Å². The Labute approximate surface area is 119 Å². The molecule has 0 saturated heterocycles. The molecule has 0 spiro atoms. The predicted molar refractivity (Wildman–Crippen MR) is 77.4 cm³/mol. The van der Waals surface area contributed by atoms with Gasteiger partial charge < -0.3 is 5.73 Å². The summed E-state index contributed by atoms with van der Waals surface area (Å²) in [6.07, 6.45) is 4.04. The van der Waals surface area contributed by atoms with Gasteiger partial charge in [-0.05, 0) is 39.7 Å². The van der Waals surface area contributed by atoms with E-state index in [9.17, 15) is 10.1 Å². The molecule has 1 aromatic rings. The molecule has 1 aliphatic carbocycles. The van der Waals surface area contributed by atoms with Crippen molar-refractivity contribution in [2.24, 2.45) is 11.7 Å². The van der Waals surface area contributed by atoms with Gasteiger partial charge in [-0.15, -0.1) is 0 Å². The molecule has 1 aliphatic rings. The Hall–Kier alpha value is -1.53. The van der Waals surface area contributed by atoms with Gasteiger partial charge in [0.2, 0.25) is 0 Å². The second-order valence-corrected chi connectivity index (χ2v) is 5.67. The average molecular weight is 278 g/mol. The third kappa shape index (κ3) is 2.96. The standard InChI is InChI=1S/C14H22N4O2/c1-9-7-16-12(10(2)14(9)18(19)20)8-17(3)13(6-15)11-4-5-11/h7,11,13H,4-6,8,15H2,1-3H3. The van der Waals surface area contributed by atoms with Crippen LogP contribution < -0.4 is 5.73 Å². The van der Waals surface area contributed by atoms with Crippen molar-refractivity contribution >= 4 is 5.69 Å². The van der Waals surface area contributed by atoms with Crippen molar-refractivity contribution in [3.63, 3.8) is 0 Å². The first-order chi connectivity index (χ1) is 9.45. The molecule has 20 heavy (non-hydrogen) atoms. The third-order valence-corrected chi connectivity index (χ3v) is 4.13. The zero-order chi connectivity index (χ0) is 14.9. The van der Waals surface area contributed by atoms with E-state index in [4.69, 9.17) is 5.73 Å². The molecule has 1 unspecified atom stereocenters. The summed E-state index contributed by atoms with van der Waals surface area (Å²) in [6.45, 7) is 4.72. The van der Waals surface area contributed by atoms with Gasteiger partial charge in [0.25, 0.3) is 5.69 Å². The Morgan fingerprint density at radius 3 is 2.70 bits per heavy atom. The van der Waals surface area contributed by atoms with Crippen LogP contribution in [-0.4, -0.2) is 34.4 Å². The predicted octanol–water partition coefficient (Wildman–Crippen LogP) is 1.78. The smallest absolute Gasteiger partial charge is 0.278 e. The summed E-state index contributed by atoms with van der Waals surface area (Å²) in [5.41, 5.74) is 8.05. The van der Waals surface area contributed by atoms with Crippen molar-refractivity contribution in [1.29, 1.82) is 0 Å². The van der Waals surface area contributed by atoms with E-state index >= 15 is 0 Å². The maximum atomic E-state index is 11.1. The zero-order valence-electron chi connectivity index (χ0n) is 12.3. The first-order valence-electron chi connectivity index (χ1n) is 6.95. The molecule has 2 rings (SSSR count). The minimum atomic E-state index is -0.322. The molecule has 0 radical (unpaired) electrons. The highest BCUT2D eigenvalue weighted by Crippen LogP contribution is 2.35. The molecule has 1 atom stereocenters. The molecule has 1 heterocycles. The van der Waals surface area contributed by atoms with Crippen LogP contribution in [0.15, 0.2) is 6.20 Å². The summed E-state index contributed by atoms with van der Waals surface area (Å²) in [5, 5.41) is 11.1. The van der Waals surface area contributed by atoms with E-state index in [0.717, 1.165) is 5.69 Å². The molecule has 6 nitrogen and oxygen atoms in total. The van der Waals surface area contributed by atoms with E-state index < -0.39 is 0 Å². The van der Waals surface area contributed by atoms with Crippen molar-refractivity contribution in [3.8, 4) is 0 Å². The quantitative estimate of drug-likeness (QED) is 0.633. The highest BCUT2D eigenvalue weighted by atomic mass is 16.6. The summed E-state index contributed by atoms with van der Waals surface area (Å²) >= 11 is 0. The van der Waals surface area contributed by atoms with E-state index in [2.05, 4.69) is 9.88 Å². The van der Waals surface area contributed by atoms with Crippen molar-refractivity contribution in [2.45, 2.75) is 39.3 Å². The Bertz CT molecular complexity index is 514. The van der Waals surface area contributed by atoms with Crippen LogP contribution in [0.3, 0.4) is 0 Å². The van der Waals surface area contributed by atoms with Gasteiger partial charge >= 0.3 is 0 Å². The van der Waals surface area contributed by atoms with Gasteiger partial charge in [0.05, 0.1) is 10.6 Å². The van der Waals surface area contributed by atoms with E-state index in [1.165, 1.54) is 12.8 Å². The maximum Gasteiger partial charge on any atom is 0.278 e. The Balaban J connectivity index is 2.20. The number of aromatic nitrogens is 1. The molecule has 0 amide bonds. The van der Waals surface area contributed by atoms with E-state index in [1.807, 2.05) is 7.05 Å². The highest BCUT2D eigenvalue weighted by molar-refractivity contribution is 5.47. The van der Waals surface area contributed by atoms with Gasteiger partial charge in [-0.3, -0.25) is 20.0 Å². The molecule has 2 N–H and O–H groups in total. The molecule has 0 aromatic carbocycles. The lowest BCUT2D eigenvalue weighted by molar-refractivity contribution is -0.386. The molecule has 1 fully saturated rings. The van der Waals surface area contributed by atoms with E-state index in [1.54, 1.807) is 20.0 Å². The number of rotatable bonds is 6. The third-order valence-electron chi connectivity index (χ3n) is 4.13. The normalized spacial score (nSPS) is 16.4. The molecule has 6 heteroatoms. The van der Waals surface area contributed by atoms with Gasteiger partial charge in [0, 0.05) is 36.5 Å². The van der Waals surface area contributed by atoms with Crippen molar-refractivity contribution in [2.75, 3.05) is 13.6 Å². The minimum absolute atomic E-state index is 0.180. The van der Waals surface area contributed by atoms with E-state index in [0.29, 0.717) is 36.2 Å². The number of aryl methyl sites for hydroxylation is 1. The fourth-order valence-corrected chi connectivity index (χ4v) is 2.77. The number of hydrogen-bond acceptors (Lipinski definition) is 5. The van der Waals surface area contributed by atoms with Crippen molar-refractivity contribution in [3.05, 3.63) is 33.1 Å². The molecule has 1 saturated carbocycles. The molecule has 0 aliphatic heterocycles. The Morgan fingerprint density at radius 1 is 1.55 bits per heavy atom. The molecular weight excluding hydrogens is 256 g/mol. The van der Waals surface area contributed by atoms with Crippen LogP contribution in [0.4, 0.5) is 5.69 Å². The SMILES string of the molecule is Cc1cnc(CN(C)C(CN)C2CC2)c(C)c1[N+](=O)[O-]. The average Bonchev–Trinajstić information content (AvgIpc) is 3.18. The molecule has 0 bridgehead atoms. The number of nitro groups is 1. The lowest BCUT2D eigenvalue weighted by atomic mass is 10.1. The van der Waals surface area contributed by atoms with Crippen molar-refractivity contribution < 1.29 is 4.92 Å². The lowest BCUT2D eigenvalue weighted by Crippen LogP contribution is -2.39. The fourth-order valence-electron chi connectivity index (χ4n) is 2.77. The van der Waals surface area contributed by atoms with Crippen LogP contribution in [0.5, 0.6) is 0 Å². The van der Waals surface area contributed by atoms with Crippen LogP contribution >= 0.6 is 0 Å². The number of hydrogen-bond donors (Lipinski definition) is 1. The highest BCUT2D eigenvalue weighted by Gasteiger charge is 2.33. The van der Waals surface area contributed by atoms with Gasteiger partial charge in [0.15, 0.2) is 0 Å². The minimum Gasteiger partial charge on any atom is -0.329 e. The van der Waals surface area contributed by atoms with Gasteiger partial charge in [-0.1, -0.05) is 0 Å². The second-order valence-electron chi connectivity index (χ2n) is 5.67. The summed E-state index contributed by atoms with van der Waals surface area (Å²) in [6, 6.07) is 0.344. The monoisotopic (exact) mass is 278 g/mol. The molecule has 1 aromatic heterocycles. The van der Waals surface area contributed by atoms with Gasteiger partial charge in [-0.2, -0.15) is 0 Å². The summed E-state index contributed by atoms with van der Waals surface area (Å²) in [5.74, 6) is 0.672. The van der Waals surface area contributed by atoms with Crippen LogP contribution in [0.1, 0.15) is 29.7 Å². The number of likely N-dealkylation sites (N-methyl/N-ethyl adjacent to an activating group) is 1. The summed E-state index contributed by atoms with van der Waals surface area (Å²) in [4.78, 5) is 17.4. The largest absolute Gasteiger partial charge is 0.329 e. The van der Waals surface area contributed by atoms with Gasteiger partial charge in [0.1, 0.15) is 0 Å². The Morgan fingerprint density at radius 2 is 2.20 bits per heavy atom. The van der Waals surface area contributed by atoms with Crippen LogP contribution in [0.2, 0.25) is 0 Å². The lowest BCUT2D eigenvalue weighted by Gasteiger charge is -2.27. The van der Waals surface area contributed by atoms with E-state index in [-0.39, 0.29) is 10.6 Å². The number of nitrogens with zero attached hydrogens (tertiary/aromatic N) is 3. The van der Waals surface area contributed by atoms with Crippen molar-refractivity contribution in [1.82, 2.24) is 9.88 Å². The van der Waals surface area contributed by atoms with Gasteiger partial charge in [-0.25, -0.2) is 0 Å². The number of nitrogens with two attached hydrogens (primary N) is 1. The zero-order valence-corrected chi connectivity index (χ0v) is 12.3. The first-order valence-corrected chi connectivity index (χ1v) is 6.95. The maximum absolute atomic E-state index is 11.1. The molecular formula is C14H22N4O2. The molecule has 110 valence electrons. The Kier molecular flexibility index (Phi) is 4.35. The summed E-state index contributed by atoms with van der Waals surface area (Å²) < 4.78 is 0. The first kappa shape index (κ1) is 14.9. The van der Waals surface area contributed by atoms with Crippen LogP contribution in [0, 0.1) is 29.9 Å². The second kappa shape index (κ2) is 5.85. The number of pyridine rings is 1. The fraction of sp³-hybridized carbons (Fsp3) is 0.643. The topological polar surface area (TPSA) is 85.3 Å². The van der Waals surface area contributed by atoms with Crippen LogP contribution in [-0.2, 0) is 6.54 Å². The summed E-state index contributed by atoms with van der Waals surface area (Å²) in [7, 11) is 2.02.